The number of carbonyl (C=O) groups excluding carboxylic acids is 2. The van der Waals surface area contributed by atoms with Crippen molar-refractivity contribution in [2.75, 3.05) is 6.54 Å². The first-order valence-electron chi connectivity index (χ1n) is 8.81. The summed E-state index contributed by atoms with van der Waals surface area (Å²) in [6, 6.07) is 5.30. The molecule has 2 N–H and O–H groups in total. The molecule has 1 atom stereocenters. The van der Waals surface area contributed by atoms with Crippen molar-refractivity contribution in [1.29, 1.82) is 0 Å². The van der Waals surface area contributed by atoms with Gasteiger partial charge in [0.05, 0.1) is 4.91 Å². The van der Waals surface area contributed by atoms with Gasteiger partial charge in [-0.25, -0.2) is 4.39 Å². The molecule has 9 heteroatoms. The number of nitrogens with one attached hydrogen (secondary N) is 1. The van der Waals surface area contributed by atoms with Crippen LogP contribution in [0, 0.1) is 5.82 Å². The fourth-order valence-electron chi connectivity index (χ4n) is 2.53. The summed E-state index contributed by atoms with van der Waals surface area (Å²) in [7, 11) is 0. The molecule has 0 bridgehead atoms. The highest BCUT2D eigenvalue weighted by molar-refractivity contribution is 8.26. The number of halogens is 1. The average Bonchev–Trinajstić information content (AvgIpc) is 2.90. The highest BCUT2D eigenvalue weighted by Gasteiger charge is 2.31. The number of benzene rings is 1. The molecule has 1 aliphatic heterocycles. The summed E-state index contributed by atoms with van der Waals surface area (Å²) in [6.07, 6.45) is 3.66. The van der Waals surface area contributed by atoms with Gasteiger partial charge in [0, 0.05) is 18.5 Å². The van der Waals surface area contributed by atoms with E-state index < -0.39 is 17.8 Å². The predicted octanol–water partition coefficient (Wildman–Crippen LogP) is 3.18. The van der Waals surface area contributed by atoms with Crippen LogP contribution in [-0.2, 0) is 14.4 Å². The summed E-state index contributed by atoms with van der Waals surface area (Å²) in [5, 5.41) is 11.1. The minimum absolute atomic E-state index is 0.225. The third-order valence-electron chi connectivity index (χ3n) is 4.10. The molecular formula is C19H21FN2O4S2. The molecule has 2 amide bonds. The zero-order valence-corrected chi connectivity index (χ0v) is 16.9. The highest BCUT2D eigenvalue weighted by atomic mass is 32.2. The number of thiocarbonyl (C=S) groups is 1. The number of unbranched alkanes of at least 4 members (excludes halogenated alkanes) is 2. The van der Waals surface area contributed by atoms with Crippen LogP contribution in [-0.4, -0.2) is 44.7 Å². The first kappa shape index (κ1) is 22.0. The number of hydrogen-bond donors (Lipinski definition) is 2. The van der Waals surface area contributed by atoms with E-state index in [4.69, 9.17) is 17.3 Å². The first-order valence-corrected chi connectivity index (χ1v) is 10.0. The third-order valence-corrected chi connectivity index (χ3v) is 5.48. The molecule has 0 aromatic heterocycles. The SMILES string of the molecule is CC(NC(=O)CCCCCN1C(=O)/C(=C/c2ccccc2F)SC1=S)C(=O)O. The fraction of sp³-hybridized carbons (Fsp3) is 0.368. The van der Waals surface area contributed by atoms with Crippen molar-refractivity contribution in [3.63, 3.8) is 0 Å². The molecule has 0 spiro atoms. The maximum Gasteiger partial charge on any atom is 0.325 e. The van der Waals surface area contributed by atoms with Crippen LogP contribution in [0.1, 0.15) is 38.2 Å². The minimum Gasteiger partial charge on any atom is -0.480 e. The fourth-order valence-corrected chi connectivity index (χ4v) is 3.83. The Morgan fingerprint density at radius 1 is 1.32 bits per heavy atom. The van der Waals surface area contributed by atoms with Crippen LogP contribution in [0.5, 0.6) is 0 Å². The van der Waals surface area contributed by atoms with Crippen LogP contribution >= 0.6 is 24.0 Å². The summed E-state index contributed by atoms with van der Waals surface area (Å²) in [6.45, 7) is 1.83. The van der Waals surface area contributed by atoms with E-state index >= 15 is 0 Å². The first-order chi connectivity index (χ1) is 13.3. The van der Waals surface area contributed by atoms with Gasteiger partial charge in [0.15, 0.2) is 0 Å². The second-order valence-electron chi connectivity index (χ2n) is 6.29. The van der Waals surface area contributed by atoms with Crippen LogP contribution in [0.4, 0.5) is 4.39 Å². The molecule has 150 valence electrons. The van der Waals surface area contributed by atoms with Gasteiger partial charge in [-0.2, -0.15) is 0 Å². The molecule has 1 fully saturated rings. The zero-order chi connectivity index (χ0) is 20.7. The van der Waals surface area contributed by atoms with Crippen LogP contribution < -0.4 is 5.32 Å². The molecule has 28 heavy (non-hydrogen) atoms. The third kappa shape index (κ3) is 6.13. The molecule has 0 aliphatic carbocycles. The second-order valence-corrected chi connectivity index (χ2v) is 7.97. The van der Waals surface area contributed by atoms with Gasteiger partial charge in [-0.1, -0.05) is 48.6 Å². The topological polar surface area (TPSA) is 86.7 Å². The summed E-state index contributed by atoms with van der Waals surface area (Å²) >= 11 is 6.39. The van der Waals surface area contributed by atoms with Crippen molar-refractivity contribution < 1.29 is 23.9 Å². The van der Waals surface area contributed by atoms with Gasteiger partial charge in [0.2, 0.25) is 5.91 Å². The van der Waals surface area contributed by atoms with Crippen LogP contribution in [0.2, 0.25) is 0 Å². The molecule has 2 rings (SSSR count). The Balaban J connectivity index is 1.78. The summed E-state index contributed by atoms with van der Waals surface area (Å²) in [5.74, 6) is -2.03. The van der Waals surface area contributed by atoms with Crippen molar-refractivity contribution >= 4 is 52.2 Å². The molecule has 1 aromatic rings. The Labute approximate surface area is 172 Å². The molecule has 1 saturated heterocycles. The van der Waals surface area contributed by atoms with Gasteiger partial charge in [-0.05, 0) is 31.9 Å². The molecule has 0 radical (unpaired) electrons. The van der Waals surface area contributed by atoms with Crippen molar-refractivity contribution in [1.82, 2.24) is 10.2 Å². The molecule has 1 unspecified atom stereocenters. The Bertz CT molecular complexity index is 813. The van der Waals surface area contributed by atoms with E-state index in [1.54, 1.807) is 18.2 Å². The van der Waals surface area contributed by atoms with Gasteiger partial charge in [0.1, 0.15) is 16.2 Å². The normalized spacial score (nSPS) is 16.5. The predicted molar refractivity (Wildman–Crippen MR) is 110 cm³/mol. The monoisotopic (exact) mass is 424 g/mol. The smallest absolute Gasteiger partial charge is 0.325 e. The average molecular weight is 425 g/mol. The van der Waals surface area contributed by atoms with Gasteiger partial charge in [0.25, 0.3) is 5.91 Å². The number of nitrogens with zero attached hydrogens (tertiary/aromatic N) is 1. The molecule has 1 aromatic carbocycles. The Morgan fingerprint density at radius 3 is 2.71 bits per heavy atom. The Hall–Kier alpha value is -2.26. The van der Waals surface area contributed by atoms with Crippen molar-refractivity contribution in [2.24, 2.45) is 0 Å². The lowest BCUT2D eigenvalue weighted by molar-refractivity contribution is -0.141. The van der Waals surface area contributed by atoms with Crippen LogP contribution in [0.25, 0.3) is 6.08 Å². The second kappa shape index (κ2) is 10.3. The molecule has 1 heterocycles. The molecule has 0 saturated carbocycles. The van der Waals surface area contributed by atoms with E-state index in [0.717, 1.165) is 11.8 Å². The number of hydrogen-bond acceptors (Lipinski definition) is 5. The van der Waals surface area contributed by atoms with Crippen LogP contribution in [0.3, 0.4) is 0 Å². The lowest BCUT2D eigenvalue weighted by Gasteiger charge is -2.14. The number of aliphatic carboxylic acids is 1. The van der Waals surface area contributed by atoms with E-state index in [1.807, 2.05) is 0 Å². The Kier molecular flexibility index (Phi) is 8.13. The molecular weight excluding hydrogens is 403 g/mol. The number of amides is 2. The van der Waals surface area contributed by atoms with Crippen molar-refractivity contribution in [3.8, 4) is 0 Å². The standard InChI is InChI=1S/C19H21FN2O4S2/c1-12(18(25)26)21-16(23)9-3-2-6-10-22-17(24)15(28-19(22)27)11-13-7-4-5-8-14(13)20/h4-5,7-8,11-12H,2-3,6,9-10H2,1H3,(H,21,23)(H,25,26)/b15-11-. The van der Waals surface area contributed by atoms with Gasteiger partial charge < -0.3 is 10.4 Å². The van der Waals surface area contributed by atoms with E-state index in [0.29, 0.717) is 40.6 Å². The number of rotatable bonds is 9. The van der Waals surface area contributed by atoms with E-state index in [1.165, 1.54) is 24.0 Å². The quantitative estimate of drug-likeness (QED) is 0.360. The summed E-state index contributed by atoms with van der Waals surface area (Å²) in [5.41, 5.74) is 0.338. The van der Waals surface area contributed by atoms with E-state index in [2.05, 4.69) is 5.32 Å². The molecule has 1 aliphatic rings. The summed E-state index contributed by atoms with van der Waals surface area (Å²) < 4.78 is 14.2. The Morgan fingerprint density at radius 2 is 2.04 bits per heavy atom. The van der Waals surface area contributed by atoms with Crippen molar-refractivity contribution in [3.05, 3.63) is 40.6 Å². The highest BCUT2D eigenvalue weighted by Crippen LogP contribution is 2.33. The van der Waals surface area contributed by atoms with E-state index in [9.17, 15) is 18.8 Å². The van der Waals surface area contributed by atoms with Crippen LogP contribution in [0.15, 0.2) is 29.2 Å². The maximum atomic E-state index is 13.8. The van der Waals surface area contributed by atoms with E-state index in [-0.39, 0.29) is 18.2 Å². The number of carboxylic acid groups (broad SMARTS) is 1. The van der Waals surface area contributed by atoms with Gasteiger partial charge in [-0.15, -0.1) is 0 Å². The zero-order valence-electron chi connectivity index (χ0n) is 15.3. The van der Waals surface area contributed by atoms with Gasteiger partial charge >= 0.3 is 5.97 Å². The van der Waals surface area contributed by atoms with Gasteiger partial charge in [-0.3, -0.25) is 19.3 Å². The number of thioether (sulfide) groups is 1. The number of carboxylic acids is 1. The molecule has 6 nitrogen and oxygen atoms in total. The minimum atomic E-state index is -1.08. The lowest BCUT2D eigenvalue weighted by atomic mass is 10.1. The maximum absolute atomic E-state index is 13.8. The van der Waals surface area contributed by atoms with Crippen molar-refractivity contribution in [2.45, 2.75) is 38.6 Å². The lowest BCUT2D eigenvalue weighted by Crippen LogP contribution is -2.38. The largest absolute Gasteiger partial charge is 0.480 e. The summed E-state index contributed by atoms with van der Waals surface area (Å²) in [4.78, 5) is 36.7. The number of carbonyl (C=O) groups is 3.